The molecule has 1 saturated heterocycles. The molecule has 0 aromatic heterocycles. The van der Waals surface area contributed by atoms with Crippen molar-refractivity contribution in [3.8, 4) is 5.75 Å². The van der Waals surface area contributed by atoms with Crippen LogP contribution in [0.3, 0.4) is 0 Å². The van der Waals surface area contributed by atoms with Crippen molar-refractivity contribution in [2.24, 2.45) is 0 Å². The second kappa shape index (κ2) is 8.21. The van der Waals surface area contributed by atoms with Gasteiger partial charge < -0.3 is 9.84 Å². The Morgan fingerprint density at radius 3 is 2.69 bits per heavy atom. The van der Waals surface area contributed by atoms with Gasteiger partial charge in [0.25, 0.3) is 0 Å². The van der Waals surface area contributed by atoms with Crippen molar-refractivity contribution in [2.75, 3.05) is 13.7 Å². The second-order valence-corrected chi connectivity index (χ2v) is 7.44. The molecule has 0 radical (unpaired) electrons. The monoisotopic (exact) mass is 393 g/mol. The Kier molecular flexibility index (Phi) is 5.49. The van der Waals surface area contributed by atoms with Crippen LogP contribution in [0.15, 0.2) is 60.7 Å². The average molecular weight is 393 g/mol. The number of hydrogen-bond acceptors (Lipinski definition) is 3. The van der Waals surface area contributed by atoms with Gasteiger partial charge in [0.1, 0.15) is 17.6 Å². The van der Waals surface area contributed by atoms with Gasteiger partial charge in [0, 0.05) is 5.56 Å². The summed E-state index contributed by atoms with van der Waals surface area (Å²) in [7, 11) is 1.56. The third kappa shape index (κ3) is 3.70. The Morgan fingerprint density at radius 1 is 1.10 bits per heavy atom. The first-order chi connectivity index (χ1) is 14.1. The third-order valence-corrected chi connectivity index (χ3v) is 5.77. The zero-order chi connectivity index (χ0) is 20.4. The van der Waals surface area contributed by atoms with E-state index in [0.29, 0.717) is 24.3 Å². The van der Waals surface area contributed by atoms with Gasteiger partial charge >= 0.3 is 5.97 Å². The van der Waals surface area contributed by atoms with E-state index >= 15 is 0 Å². The number of rotatable bonds is 5. The summed E-state index contributed by atoms with van der Waals surface area (Å²) >= 11 is 0. The quantitative estimate of drug-likeness (QED) is 0.662. The lowest BCUT2D eigenvalue weighted by molar-refractivity contribution is -0.145. The van der Waals surface area contributed by atoms with Crippen LogP contribution < -0.4 is 4.74 Å². The van der Waals surface area contributed by atoms with Crippen molar-refractivity contribution in [2.45, 2.75) is 31.3 Å². The molecular weight excluding hydrogens is 369 g/mol. The SMILES string of the molecule is COc1ccc(F)cc1C(c1cccc2ccccc12)N1CCCCC1C(=O)O. The number of likely N-dealkylation sites (tertiary alicyclic amines) is 1. The smallest absolute Gasteiger partial charge is 0.320 e. The molecule has 4 nitrogen and oxygen atoms in total. The maximum absolute atomic E-state index is 14.3. The predicted molar refractivity (Wildman–Crippen MR) is 111 cm³/mol. The zero-order valence-corrected chi connectivity index (χ0v) is 16.3. The van der Waals surface area contributed by atoms with E-state index in [0.717, 1.165) is 29.2 Å². The van der Waals surface area contributed by atoms with Crippen molar-refractivity contribution in [3.05, 3.63) is 77.6 Å². The Balaban J connectivity index is 1.97. The molecule has 1 heterocycles. The molecular formula is C24H24FNO3. The minimum absolute atomic E-state index is 0.366. The standard InChI is InChI=1S/C24H24FNO3/c1-29-22-13-12-17(25)15-20(22)23(26-14-5-4-11-21(26)24(27)28)19-10-6-8-16-7-2-3-9-18(16)19/h2-3,6-10,12-13,15,21,23H,4-5,11,14H2,1H3,(H,27,28). The number of methoxy groups -OCH3 is 1. The Morgan fingerprint density at radius 2 is 1.90 bits per heavy atom. The fourth-order valence-corrected chi connectivity index (χ4v) is 4.46. The van der Waals surface area contributed by atoms with E-state index in [1.165, 1.54) is 12.1 Å². The van der Waals surface area contributed by atoms with Crippen molar-refractivity contribution in [3.63, 3.8) is 0 Å². The van der Waals surface area contributed by atoms with Crippen LogP contribution in [-0.2, 0) is 4.79 Å². The molecule has 29 heavy (non-hydrogen) atoms. The summed E-state index contributed by atoms with van der Waals surface area (Å²) in [5.41, 5.74) is 1.61. The van der Waals surface area contributed by atoms with Gasteiger partial charge in [-0.1, -0.05) is 48.9 Å². The number of benzene rings is 3. The number of ether oxygens (including phenoxy) is 1. The molecule has 1 N–H and O–H groups in total. The summed E-state index contributed by atoms with van der Waals surface area (Å²) in [5, 5.41) is 12.0. The summed E-state index contributed by atoms with van der Waals surface area (Å²) < 4.78 is 19.9. The van der Waals surface area contributed by atoms with Crippen LogP contribution in [0.1, 0.15) is 36.4 Å². The highest BCUT2D eigenvalue weighted by atomic mass is 19.1. The van der Waals surface area contributed by atoms with E-state index in [2.05, 4.69) is 0 Å². The molecule has 3 aromatic rings. The van der Waals surface area contributed by atoms with E-state index in [1.807, 2.05) is 47.4 Å². The number of piperidine rings is 1. The first-order valence-electron chi connectivity index (χ1n) is 9.90. The van der Waals surface area contributed by atoms with E-state index in [1.54, 1.807) is 13.2 Å². The minimum Gasteiger partial charge on any atom is -0.496 e. The van der Waals surface area contributed by atoms with Gasteiger partial charge in [0.05, 0.1) is 13.2 Å². The topological polar surface area (TPSA) is 49.8 Å². The highest BCUT2D eigenvalue weighted by Gasteiger charge is 2.37. The average Bonchev–Trinajstić information content (AvgIpc) is 2.74. The number of carboxylic acids is 1. The first-order valence-corrected chi connectivity index (χ1v) is 9.90. The van der Waals surface area contributed by atoms with Gasteiger partial charge in [-0.15, -0.1) is 0 Å². The van der Waals surface area contributed by atoms with Gasteiger partial charge in [-0.2, -0.15) is 0 Å². The normalized spacial score (nSPS) is 18.5. The van der Waals surface area contributed by atoms with E-state index < -0.39 is 18.1 Å². The van der Waals surface area contributed by atoms with E-state index in [9.17, 15) is 14.3 Å². The molecule has 0 spiro atoms. The van der Waals surface area contributed by atoms with Crippen LogP contribution in [0.25, 0.3) is 10.8 Å². The van der Waals surface area contributed by atoms with E-state index in [4.69, 9.17) is 4.74 Å². The van der Waals surface area contributed by atoms with Crippen LogP contribution in [0, 0.1) is 5.82 Å². The van der Waals surface area contributed by atoms with E-state index in [-0.39, 0.29) is 5.82 Å². The molecule has 3 aromatic carbocycles. The second-order valence-electron chi connectivity index (χ2n) is 7.44. The lowest BCUT2D eigenvalue weighted by atomic mass is 9.88. The maximum Gasteiger partial charge on any atom is 0.320 e. The highest BCUT2D eigenvalue weighted by molar-refractivity contribution is 5.86. The molecule has 0 aliphatic carbocycles. The molecule has 0 bridgehead atoms. The largest absolute Gasteiger partial charge is 0.496 e. The zero-order valence-electron chi connectivity index (χ0n) is 16.3. The van der Waals surface area contributed by atoms with Crippen LogP contribution in [-0.4, -0.2) is 35.7 Å². The lowest BCUT2D eigenvalue weighted by Gasteiger charge is -2.40. The third-order valence-electron chi connectivity index (χ3n) is 5.77. The van der Waals surface area contributed by atoms with Gasteiger partial charge in [-0.05, 0) is 53.9 Å². The van der Waals surface area contributed by atoms with Crippen LogP contribution in [0.4, 0.5) is 4.39 Å². The van der Waals surface area contributed by atoms with Gasteiger partial charge in [-0.25, -0.2) is 4.39 Å². The molecule has 2 unspecified atom stereocenters. The number of halogens is 1. The summed E-state index contributed by atoms with van der Waals surface area (Å²) in [6.45, 7) is 0.629. The highest BCUT2D eigenvalue weighted by Crippen LogP contribution is 2.41. The number of fused-ring (bicyclic) bond motifs is 1. The summed E-state index contributed by atoms with van der Waals surface area (Å²) in [5.74, 6) is -0.653. The Labute approximate surface area is 169 Å². The molecule has 4 rings (SSSR count). The number of hydrogen-bond donors (Lipinski definition) is 1. The van der Waals surface area contributed by atoms with Gasteiger partial charge in [0.2, 0.25) is 0 Å². The Hall–Kier alpha value is -2.92. The maximum atomic E-state index is 14.3. The van der Waals surface area contributed by atoms with Crippen molar-refractivity contribution >= 4 is 16.7 Å². The fourth-order valence-electron chi connectivity index (χ4n) is 4.46. The predicted octanol–water partition coefficient (Wildman–Crippen LogP) is 5.02. The van der Waals surface area contributed by atoms with Gasteiger partial charge in [-0.3, -0.25) is 9.69 Å². The molecule has 1 aliphatic heterocycles. The number of aliphatic carboxylic acids is 1. The van der Waals surface area contributed by atoms with Crippen molar-refractivity contribution < 1.29 is 19.0 Å². The first kappa shape index (κ1) is 19.4. The molecule has 5 heteroatoms. The summed E-state index contributed by atoms with van der Waals surface area (Å²) in [4.78, 5) is 14.1. The summed E-state index contributed by atoms with van der Waals surface area (Å²) in [6, 6.07) is 17.4. The fraction of sp³-hybridized carbons (Fsp3) is 0.292. The molecule has 1 aliphatic rings. The van der Waals surface area contributed by atoms with Crippen LogP contribution in [0.5, 0.6) is 5.75 Å². The van der Waals surface area contributed by atoms with Gasteiger partial charge in [0.15, 0.2) is 0 Å². The number of carbonyl (C=O) groups is 1. The van der Waals surface area contributed by atoms with Crippen molar-refractivity contribution in [1.82, 2.24) is 4.90 Å². The molecule has 1 fully saturated rings. The lowest BCUT2D eigenvalue weighted by Crippen LogP contribution is -2.47. The molecule has 150 valence electrons. The number of nitrogens with zero attached hydrogens (tertiary/aromatic N) is 1. The van der Waals surface area contributed by atoms with Crippen molar-refractivity contribution in [1.29, 1.82) is 0 Å². The minimum atomic E-state index is -0.842. The summed E-state index contributed by atoms with van der Waals surface area (Å²) in [6.07, 6.45) is 2.35. The Bertz CT molecular complexity index is 1030. The molecule has 0 saturated carbocycles. The number of carboxylic acid groups (broad SMARTS) is 1. The van der Waals surface area contributed by atoms with Crippen LogP contribution in [0.2, 0.25) is 0 Å². The molecule has 2 atom stereocenters. The molecule has 0 amide bonds. The van der Waals surface area contributed by atoms with Crippen LogP contribution >= 0.6 is 0 Å².